The first-order chi connectivity index (χ1) is 7.77. The summed E-state index contributed by atoms with van der Waals surface area (Å²) in [6, 6.07) is 2.63. The SMILES string of the molecule is CCc1cc(C(F)(F)F)ccc1C(O)C(=O)O. The Balaban J connectivity index is 3.23. The molecule has 2 N–H and O–H groups in total. The topological polar surface area (TPSA) is 57.5 Å². The monoisotopic (exact) mass is 248 g/mol. The average molecular weight is 248 g/mol. The summed E-state index contributed by atoms with van der Waals surface area (Å²) in [5, 5.41) is 17.9. The Morgan fingerprint density at radius 1 is 1.41 bits per heavy atom. The van der Waals surface area contributed by atoms with Crippen molar-refractivity contribution >= 4 is 5.97 Å². The van der Waals surface area contributed by atoms with Gasteiger partial charge in [0.1, 0.15) is 0 Å². The van der Waals surface area contributed by atoms with Gasteiger partial charge in [-0.05, 0) is 29.7 Å². The number of carboxylic acids is 1. The maximum Gasteiger partial charge on any atom is 0.416 e. The standard InChI is InChI=1S/C11H11F3O3/c1-2-6-5-7(11(12,13)14)3-4-8(6)9(15)10(16)17/h3-5,9,15H,2H2,1H3,(H,16,17). The smallest absolute Gasteiger partial charge is 0.416 e. The minimum absolute atomic E-state index is 0.00648. The molecule has 0 aliphatic carbocycles. The molecule has 94 valence electrons. The number of aliphatic hydroxyl groups is 1. The summed E-state index contributed by atoms with van der Waals surface area (Å²) in [6.07, 6.45) is -6.06. The first-order valence-electron chi connectivity index (χ1n) is 4.88. The van der Waals surface area contributed by atoms with Crippen molar-refractivity contribution in [2.45, 2.75) is 25.6 Å². The van der Waals surface area contributed by atoms with Crippen LogP contribution < -0.4 is 0 Å². The van der Waals surface area contributed by atoms with Crippen LogP contribution in [0.15, 0.2) is 18.2 Å². The van der Waals surface area contributed by atoms with Crippen molar-refractivity contribution in [3.8, 4) is 0 Å². The van der Waals surface area contributed by atoms with Crippen LogP contribution in [0.5, 0.6) is 0 Å². The van der Waals surface area contributed by atoms with Crippen LogP contribution in [0.25, 0.3) is 0 Å². The lowest BCUT2D eigenvalue weighted by molar-refractivity contribution is -0.147. The molecule has 0 bridgehead atoms. The van der Waals surface area contributed by atoms with Gasteiger partial charge in [0.05, 0.1) is 5.56 Å². The Hall–Kier alpha value is -1.56. The van der Waals surface area contributed by atoms with Gasteiger partial charge in [-0.1, -0.05) is 13.0 Å². The van der Waals surface area contributed by atoms with E-state index in [1.165, 1.54) is 0 Å². The summed E-state index contributed by atoms with van der Waals surface area (Å²) < 4.78 is 37.3. The fourth-order valence-corrected chi connectivity index (χ4v) is 1.49. The van der Waals surface area contributed by atoms with Gasteiger partial charge in [0.25, 0.3) is 0 Å². The van der Waals surface area contributed by atoms with Crippen LogP contribution in [0.2, 0.25) is 0 Å². The van der Waals surface area contributed by atoms with Crippen LogP contribution >= 0.6 is 0 Å². The Morgan fingerprint density at radius 2 is 2.00 bits per heavy atom. The number of halogens is 3. The third-order valence-corrected chi connectivity index (χ3v) is 2.38. The van der Waals surface area contributed by atoms with Crippen molar-refractivity contribution in [2.24, 2.45) is 0 Å². The maximum atomic E-state index is 12.4. The molecule has 3 nitrogen and oxygen atoms in total. The van der Waals surface area contributed by atoms with Crippen LogP contribution in [0.3, 0.4) is 0 Å². The molecule has 0 fully saturated rings. The Kier molecular flexibility index (Phi) is 3.77. The average Bonchev–Trinajstić information content (AvgIpc) is 2.25. The molecule has 0 saturated heterocycles. The first kappa shape index (κ1) is 13.5. The number of hydrogen-bond acceptors (Lipinski definition) is 2. The van der Waals surface area contributed by atoms with Gasteiger partial charge in [-0.25, -0.2) is 4.79 Å². The second-order valence-corrected chi connectivity index (χ2v) is 3.51. The largest absolute Gasteiger partial charge is 0.479 e. The second kappa shape index (κ2) is 4.75. The van der Waals surface area contributed by atoms with E-state index in [1.807, 2.05) is 0 Å². The van der Waals surface area contributed by atoms with Crippen molar-refractivity contribution < 1.29 is 28.2 Å². The summed E-state index contributed by atoms with van der Waals surface area (Å²) >= 11 is 0. The summed E-state index contributed by atoms with van der Waals surface area (Å²) in [7, 11) is 0. The zero-order valence-electron chi connectivity index (χ0n) is 8.95. The van der Waals surface area contributed by atoms with Gasteiger partial charge < -0.3 is 10.2 Å². The minimum Gasteiger partial charge on any atom is -0.479 e. The number of alkyl halides is 3. The lowest BCUT2D eigenvalue weighted by atomic mass is 9.97. The molecular weight excluding hydrogens is 237 g/mol. The van der Waals surface area contributed by atoms with Crippen LogP contribution in [0, 0.1) is 0 Å². The molecule has 1 unspecified atom stereocenters. The predicted molar refractivity (Wildman–Crippen MR) is 53.4 cm³/mol. The Bertz CT molecular complexity index is 426. The summed E-state index contributed by atoms with van der Waals surface area (Å²) in [6.45, 7) is 1.59. The molecule has 0 aliphatic heterocycles. The molecule has 1 rings (SSSR count). The van der Waals surface area contributed by atoms with Crippen LogP contribution in [-0.4, -0.2) is 16.2 Å². The fraction of sp³-hybridized carbons (Fsp3) is 0.364. The van der Waals surface area contributed by atoms with E-state index >= 15 is 0 Å². The zero-order chi connectivity index (χ0) is 13.2. The molecule has 0 aromatic heterocycles. The third-order valence-electron chi connectivity index (χ3n) is 2.38. The van der Waals surface area contributed by atoms with Crippen molar-refractivity contribution in [1.29, 1.82) is 0 Å². The molecule has 1 aromatic carbocycles. The maximum absolute atomic E-state index is 12.4. The van der Waals surface area contributed by atoms with E-state index in [0.717, 1.165) is 18.2 Å². The van der Waals surface area contributed by atoms with E-state index in [0.29, 0.717) is 0 Å². The van der Waals surface area contributed by atoms with E-state index in [2.05, 4.69) is 0 Å². The first-order valence-corrected chi connectivity index (χ1v) is 4.88. The van der Waals surface area contributed by atoms with E-state index < -0.39 is 23.8 Å². The summed E-state index contributed by atoms with van der Waals surface area (Å²) in [4.78, 5) is 10.6. The molecule has 0 spiro atoms. The highest BCUT2D eigenvalue weighted by Crippen LogP contribution is 2.32. The number of aliphatic carboxylic acids is 1. The van der Waals surface area contributed by atoms with E-state index in [-0.39, 0.29) is 17.5 Å². The Labute approximate surface area is 95.5 Å². The predicted octanol–water partition coefficient (Wildman–Crippen LogP) is 2.39. The Morgan fingerprint density at radius 3 is 2.41 bits per heavy atom. The van der Waals surface area contributed by atoms with E-state index in [9.17, 15) is 23.1 Å². The van der Waals surface area contributed by atoms with E-state index in [4.69, 9.17) is 5.11 Å². The lowest BCUT2D eigenvalue weighted by Gasteiger charge is -2.14. The quantitative estimate of drug-likeness (QED) is 0.863. The van der Waals surface area contributed by atoms with Gasteiger partial charge in [0.15, 0.2) is 6.10 Å². The molecular formula is C11H11F3O3. The van der Waals surface area contributed by atoms with Crippen LogP contribution in [0.4, 0.5) is 13.2 Å². The number of hydrogen-bond donors (Lipinski definition) is 2. The second-order valence-electron chi connectivity index (χ2n) is 3.51. The number of benzene rings is 1. The van der Waals surface area contributed by atoms with Gasteiger partial charge in [-0.2, -0.15) is 13.2 Å². The molecule has 1 aromatic rings. The van der Waals surface area contributed by atoms with Crippen LogP contribution in [-0.2, 0) is 17.4 Å². The number of carbonyl (C=O) groups is 1. The number of carboxylic acid groups (broad SMARTS) is 1. The molecule has 1 atom stereocenters. The van der Waals surface area contributed by atoms with Crippen molar-refractivity contribution in [3.63, 3.8) is 0 Å². The highest BCUT2D eigenvalue weighted by atomic mass is 19.4. The van der Waals surface area contributed by atoms with Crippen molar-refractivity contribution in [3.05, 3.63) is 34.9 Å². The lowest BCUT2D eigenvalue weighted by Crippen LogP contribution is -2.14. The zero-order valence-corrected chi connectivity index (χ0v) is 8.95. The van der Waals surface area contributed by atoms with Gasteiger partial charge in [-0.3, -0.25) is 0 Å². The number of rotatable bonds is 3. The van der Waals surface area contributed by atoms with Gasteiger partial charge in [0, 0.05) is 0 Å². The summed E-state index contributed by atoms with van der Waals surface area (Å²) in [5.74, 6) is -1.49. The fourth-order valence-electron chi connectivity index (χ4n) is 1.49. The van der Waals surface area contributed by atoms with Crippen molar-refractivity contribution in [2.75, 3.05) is 0 Å². The van der Waals surface area contributed by atoms with E-state index in [1.54, 1.807) is 6.92 Å². The molecule has 6 heteroatoms. The number of aryl methyl sites for hydroxylation is 1. The minimum atomic E-state index is -4.48. The van der Waals surface area contributed by atoms with Gasteiger partial charge in [-0.15, -0.1) is 0 Å². The number of aliphatic hydroxyl groups excluding tert-OH is 1. The molecule has 0 amide bonds. The van der Waals surface area contributed by atoms with Gasteiger partial charge >= 0.3 is 12.1 Å². The highest BCUT2D eigenvalue weighted by molar-refractivity contribution is 5.74. The van der Waals surface area contributed by atoms with Gasteiger partial charge in [0.2, 0.25) is 0 Å². The molecule has 0 aliphatic rings. The summed E-state index contributed by atoms with van der Waals surface area (Å²) in [5.41, 5.74) is -0.682. The molecule has 0 radical (unpaired) electrons. The highest BCUT2D eigenvalue weighted by Gasteiger charge is 2.31. The molecule has 0 saturated carbocycles. The van der Waals surface area contributed by atoms with Crippen LogP contribution in [0.1, 0.15) is 29.7 Å². The molecule has 17 heavy (non-hydrogen) atoms. The van der Waals surface area contributed by atoms with Crippen molar-refractivity contribution in [1.82, 2.24) is 0 Å². The third kappa shape index (κ3) is 2.97. The normalized spacial score (nSPS) is 13.5. The molecule has 0 heterocycles.